The van der Waals surface area contributed by atoms with Crippen LogP contribution in [0.15, 0.2) is 54.0 Å². The molecule has 7 nitrogen and oxygen atoms in total. The van der Waals surface area contributed by atoms with Crippen molar-refractivity contribution in [1.82, 2.24) is 25.1 Å². The van der Waals surface area contributed by atoms with E-state index < -0.39 is 17.6 Å². The molecule has 0 spiro atoms. The molecular weight excluding hydrogens is 405 g/mol. The van der Waals surface area contributed by atoms with Crippen LogP contribution >= 0.6 is 11.3 Å². The van der Waals surface area contributed by atoms with Gasteiger partial charge in [-0.1, -0.05) is 18.2 Å². The van der Waals surface area contributed by atoms with Crippen molar-refractivity contribution in [3.05, 3.63) is 65.3 Å². The van der Waals surface area contributed by atoms with Gasteiger partial charge in [-0.25, -0.2) is 4.98 Å². The van der Waals surface area contributed by atoms with Crippen LogP contribution in [0.25, 0.3) is 22.1 Å². The zero-order valence-corrected chi connectivity index (χ0v) is 15.3. The Balaban J connectivity index is 1.50. The summed E-state index contributed by atoms with van der Waals surface area (Å²) in [7, 11) is 0. The van der Waals surface area contributed by atoms with E-state index in [4.69, 9.17) is 0 Å². The summed E-state index contributed by atoms with van der Waals surface area (Å²) < 4.78 is 38.6. The van der Waals surface area contributed by atoms with Crippen molar-refractivity contribution < 1.29 is 18.0 Å². The van der Waals surface area contributed by atoms with Crippen molar-refractivity contribution in [2.45, 2.75) is 6.18 Å². The molecule has 0 radical (unpaired) electrons. The molecule has 29 heavy (non-hydrogen) atoms. The lowest BCUT2D eigenvalue weighted by Crippen LogP contribution is -2.13. The number of pyridine rings is 1. The van der Waals surface area contributed by atoms with E-state index >= 15 is 0 Å². The smallest absolute Gasteiger partial charge is 0.288 e. The SMILES string of the molecule is O=C(Nc1n[nH]c(-c2ccccn2)n1)c1csc(-c2cccc(C(F)(F)F)c2)n1. The predicted octanol–water partition coefficient (Wildman–Crippen LogP) is 4.26. The summed E-state index contributed by atoms with van der Waals surface area (Å²) in [6, 6.07) is 10.0. The average Bonchev–Trinajstić information content (AvgIpc) is 3.38. The summed E-state index contributed by atoms with van der Waals surface area (Å²) in [5.74, 6) is -0.167. The molecule has 4 aromatic rings. The van der Waals surface area contributed by atoms with Crippen molar-refractivity contribution in [3.8, 4) is 22.1 Å². The third-order valence-corrected chi connectivity index (χ3v) is 4.68. The molecule has 11 heteroatoms. The standard InChI is InChI=1S/C18H11F3N6OS/c19-18(20,21)11-5-3-4-10(8-11)16-23-13(9-29-16)15(28)25-17-24-14(26-27-17)12-6-1-2-7-22-12/h1-9H,(H2,24,25,26,27,28). The van der Waals surface area contributed by atoms with Crippen LogP contribution in [0, 0.1) is 0 Å². The number of rotatable bonds is 4. The number of halogens is 3. The van der Waals surface area contributed by atoms with Crippen molar-refractivity contribution in [2.24, 2.45) is 0 Å². The lowest BCUT2D eigenvalue weighted by molar-refractivity contribution is -0.137. The van der Waals surface area contributed by atoms with Crippen molar-refractivity contribution >= 4 is 23.2 Å². The number of carbonyl (C=O) groups is 1. The van der Waals surface area contributed by atoms with Gasteiger partial charge in [-0.15, -0.1) is 16.4 Å². The molecule has 0 saturated heterocycles. The first-order chi connectivity index (χ1) is 13.9. The molecule has 0 atom stereocenters. The molecule has 1 aromatic carbocycles. The molecule has 1 amide bonds. The van der Waals surface area contributed by atoms with Gasteiger partial charge >= 0.3 is 6.18 Å². The Morgan fingerprint density at radius 1 is 1.10 bits per heavy atom. The highest BCUT2D eigenvalue weighted by atomic mass is 32.1. The summed E-state index contributed by atoms with van der Waals surface area (Å²) in [6.07, 6.45) is -2.86. The Kier molecular flexibility index (Phi) is 4.80. The number of hydrogen-bond donors (Lipinski definition) is 2. The Bertz CT molecular complexity index is 1160. The highest BCUT2D eigenvalue weighted by Gasteiger charge is 2.30. The van der Waals surface area contributed by atoms with Gasteiger partial charge in [0.15, 0.2) is 5.82 Å². The van der Waals surface area contributed by atoms with E-state index in [2.05, 4.69) is 30.5 Å². The molecule has 0 unspecified atom stereocenters. The molecule has 2 N–H and O–H groups in total. The van der Waals surface area contributed by atoms with E-state index in [-0.39, 0.29) is 17.2 Å². The Labute approximate surface area is 165 Å². The van der Waals surface area contributed by atoms with Gasteiger partial charge in [0.1, 0.15) is 16.4 Å². The van der Waals surface area contributed by atoms with Crippen LogP contribution in [0.3, 0.4) is 0 Å². The van der Waals surface area contributed by atoms with Crippen molar-refractivity contribution in [2.75, 3.05) is 5.32 Å². The highest BCUT2D eigenvalue weighted by Crippen LogP contribution is 2.33. The number of nitrogens with zero attached hydrogens (tertiary/aromatic N) is 4. The van der Waals surface area contributed by atoms with Gasteiger partial charge in [0.2, 0.25) is 5.95 Å². The average molecular weight is 416 g/mol. The fraction of sp³-hybridized carbons (Fsp3) is 0.0556. The molecule has 0 aliphatic carbocycles. The van der Waals surface area contributed by atoms with E-state index in [0.717, 1.165) is 23.5 Å². The van der Waals surface area contributed by atoms with Gasteiger partial charge in [0.25, 0.3) is 5.91 Å². The summed E-state index contributed by atoms with van der Waals surface area (Å²) in [5.41, 5.74) is 0.103. The zero-order chi connectivity index (χ0) is 20.4. The minimum absolute atomic E-state index is 0.0317. The van der Waals surface area contributed by atoms with Gasteiger partial charge in [-0.05, 0) is 24.3 Å². The number of benzene rings is 1. The highest BCUT2D eigenvalue weighted by molar-refractivity contribution is 7.13. The Morgan fingerprint density at radius 3 is 2.72 bits per heavy atom. The molecule has 0 bridgehead atoms. The lowest BCUT2D eigenvalue weighted by atomic mass is 10.1. The third-order valence-electron chi connectivity index (χ3n) is 3.79. The number of carbonyl (C=O) groups excluding carboxylic acids is 1. The van der Waals surface area contributed by atoms with Gasteiger partial charge in [0.05, 0.1) is 5.56 Å². The number of aromatic nitrogens is 5. The van der Waals surface area contributed by atoms with Crippen molar-refractivity contribution in [1.29, 1.82) is 0 Å². The van der Waals surface area contributed by atoms with E-state index in [0.29, 0.717) is 16.5 Å². The molecule has 4 rings (SSSR count). The van der Waals surface area contributed by atoms with Crippen molar-refractivity contribution in [3.63, 3.8) is 0 Å². The molecule has 0 aliphatic heterocycles. The minimum Gasteiger partial charge on any atom is -0.288 e. The Hall–Kier alpha value is -3.60. The second-order valence-electron chi connectivity index (χ2n) is 5.79. The van der Waals surface area contributed by atoms with Crippen LogP contribution in [0.4, 0.5) is 19.1 Å². The molecule has 0 aliphatic rings. The molecule has 3 heterocycles. The first kappa shape index (κ1) is 18.7. The van der Waals surface area contributed by atoms with Crippen LogP contribution in [0.1, 0.15) is 16.1 Å². The molecule has 0 saturated carbocycles. The van der Waals surface area contributed by atoms with Gasteiger partial charge in [-0.3, -0.25) is 20.2 Å². The van der Waals surface area contributed by atoms with E-state index in [1.165, 1.54) is 17.5 Å². The minimum atomic E-state index is -4.45. The maximum absolute atomic E-state index is 12.9. The number of anilines is 1. The number of hydrogen-bond acceptors (Lipinski definition) is 6. The zero-order valence-electron chi connectivity index (χ0n) is 14.4. The second-order valence-corrected chi connectivity index (χ2v) is 6.65. The van der Waals surface area contributed by atoms with Crippen LogP contribution in [-0.2, 0) is 6.18 Å². The molecular formula is C18H11F3N6OS. The van der Waals surface area contributed by atoms with Crippen LogP contribution in [0.5, 0.6) is 0 Å². The Morgan fingerprint density at radius 2 is 1.97 bits per heavy atom. The molecule has 0 fully saturated rings. The first-order valence-corrected chi connectivity index (χ1v) is 9.06. The number of amides is 1. The molecule has 146 valence electrons. The van der Waals surface area contributed by atoms with Crippen LogP contribution < -0.4 is 5.32 Å². The quantitative estimate of drug-likeness (QED) is 0.518. The number of aromatic amines is 1. The van der Waals surface area contributed by atoms with Crippen LogP contribution in [0.2, 0.25) is 0 Å². The second kappa shape index (κ2) is 7.43. The van der Waals surface area contributed by atoms with E-state index in [1.807, 2.05) is 0 Å². The maximum Gasteiger partial charge on any atom is 0.416 e. The molecule has 3 aromatic heterocycles. The summed E-state index contributed by atoms with van der Waals surface area (Å²) in [6.45, 7) is 0. The summed E-state index contributed by atoms with van der Waals surface area (Å²) >= 11 is 1.07. The van der Waals surface area contributed by atoms with E-state index in [1.54, 1.807) is 24.4 Å². The summed E-state index contributed by atoms with van der Waals surface area (Å²) in [4.78, 5) is 24.8. The lowest BCUT2D eigenvalue weighted by Gasteiger charge is -2.07. The number of thiazole rings is 1. The maximum atomic E-state index is 12.9. The fourth-order valence-corrected chi connectivity index (χ4v) is 3.24. The number of alkyl halides is 3. The van der Waals surface area contributed by atoms with Gasteiger partial charge in [-0.2, -0.15) is 18.2 Å². The first-order valence-electron chi connectivity index (χ1n) is 8.18. The number of nitrogens with one attached hydrogen (secondary N) is 2. The fourth-order valence-electron chi connectivity index (χ4n) is 2.44. The topological polar surface area (TPSA) is 96.5 Å². The third kappa shape index (κ3) is 4.14. The van der Waals surface area contributed by atoms with E-state index in [9.17, 15) is 18.0 Å². The summed E-state index contributed by atoms with van der Waals surface area (Å²) in [5, 5.41) is 10.8. The monoisotopic (exact) mass is 416 g/mol. The largest absolute Gasteiger partial charge is 0.416 e. The van der Waals surface area contributed by atoms with Gasteiger partial charge in [0, 0.05) is 17.1 Å². The van der Waals surface area contributed by atoms with Gasteiger partial charge < -0.3 is 0 Å². The number of H-pyrrole nitrogens is 1. The van der Waals surface area contributed by atoms with Crippen LogP contribution in [-0.4, -0.2) is 31.1 Å². The normalized spacial score (nSPS) is 11.4. The predicted molar refractivity (Wildman–Crippen MR) is 100 cm³/mol.